The van der Waals surface area contributed by atoms with Crippen LogP contribution in [-0.2, 0) is 20.7 Å². The summed E-state index contributed by atoms with van der Waals surface area (Å²) in [6.45, 7) is -0.193. The normalized spacial score (nSPS) is 13.9. The molecule has 0 saturated carbocycles. The highest BCUT2D eigenvalue weighted by atomic mass is 32.2. The molecule has 0 aliphatic rings. The van der Waals surface area contributed by atoms with Crippen LogP contribution < -0.4 is 0 Å². The maximum absolute atomic E-state index is 11.9. The Hall–Kier alpha value is -1.65. The fraction of sp³-hybridized carbons (Fsp3) is 0.143. The van der Waals surface area contributed by atoms with Gasteiger partial charge >= 0.3 is 0 Å². The predicted octanol–water partition coefficient (Wildman–Crippen LogP) is 2.63. The van der Waals surface area contributed by atoms with Crippen LogP contribution in [0.4, 0.5) is 0 Å². The van der Waals surface area contributed by atoms with Gasteiger partial charge in [0.25, 0.3) is 10.1 Å². The van der Waals surface area contributed by atoms with Gasteiger partial charge in [-0.05, 0) is 24.1 Å². The minimum absolute atomic E-state index is 0.107. The number of benzene rings is 2. The molecule has 18 heavy (non-hydrogen) atoms. The van der Waals surface area contributed by atoms with Gasteiger partial charge in [0.05, 0.1) is 11.5 Å². The van der Waals surface area contributed by atoms with Crippen molar-refractivity contribution in [2.75, 3.05) is 6.61 Å². The maximum Gasteiger partial charge on any atom is 0.296 e. The zero-order valence-electron chi connectivity index (χ0n) is 10.7. The van der Waals surface area contributed by atoms with Crippen molar-refractivity contribution >= 4 is 10.1 Å². The van der Waals surface area contributed by atoms with Crippen molar-refractivity contribution < 1.29 is 14.0 Å². The molecule has 0 spiro atoms. The summed E-state index contributed by atoms with van der Waals surface area (Å²) in [5, 5.41) is 0. The van der Waals surface area contributed by atoms with Crippen molar-refractivity contribution in [3.05, 3.63) is 66.2 Å². The van der Waals surface area contributed by atoms with Crippen LogP contribution in [0.25, 0.3) is 0 Å². The lowest BCUT2D eigenvalue weighted by atomic mass is 10.2. The first-order chi connectivity index (χ1) is 9.09. The third kappa shape index (κ3) is 3.42. The molecule has 0 aromatic heterocycles. The Labute approximate surface area is 109 Å². The van der Waals surface area contributed by atoms with E-state index in [-0.39, 0.29) is 11.5 Å². The Morgan fingerprint density at radius 3 is 2.11 bits per heavy atom. The zero-order valence-corrected chi connectivity index (χ0v) is 10.5. The summed E-state index contributed by atoms with van der Waals surface area (Å²) in [4.78, 5) is 0.107. The largest absolute Gasteiger partial charge is 0.296 e. The molecule has 0 saturated heterocycles. The highest BCUT2D eigenvalue weighted by Crippen LogP contribution is 2.11. The Morgan fingerprint density at radius 2 is 1.50 bits per heavy atom. The molecule has 1 atom stereocenters. The Bertz CT molecular complexity index is 612. The van der Waals surface area contributed by atoms with Crippen molar-refractivity contribution in [2.45, 2.75) is 11.3 Å². The van der Waals surface area contributed by atoms with Gasteiger partial charge in [-0.1, -0.05) is 48.5 Å². The molecule has 4 heteroatoms. The molecule has 0 radical (unpaired) electrons. The monoisotopic (exact) mass is 263 g/mol. The molecule has 0 amide bonds. The second-order valence-electron chi connectivity index (χ2n) is 3.67. The van der Waals surface area contributed by atoms with Crippen LogP contribution in [0.1, 0.15) is 6.93 Å². The van der Waals surface area contributed by atoms with Gasteiger partial charge in [0.1, 0.15) is 0 Å². The summed E-state index contributed by atoms with van der Waals surface area (Å²) in [5.41, 5.74) is 0.728. The van der Waals surface area contributed by atoms with E-state index in [9.17, 15) is 8.42 Å². The van der Waals surface area contributed by atoms with Crippen LogP contribution >= 0.6 is 0 Å². The van der Waals surface area contributed by atoms with E-state index >= 15 is 0 Å². The van der Waals surface area contributed by atoms with E-state index in [0.717, 1.165) is 5.56 Å². The third-order valence-corrected chi connectivity index (χ3v) is 3.67. The van der Waals surface area contributed by atoms with Crippen LogP contribution in [0.3, 0.4) is 0 Å². The topological polar surface area (TPSA) is 43.4 Å². The highest BCUT2D eigenvalue weighted by molar-refractivity contribution is 7.86. The molecule has 0 aliphatic heterocycles. The molecule has 2 aromatic carbocycles. The van der Waals surface area contributed by atoms with E-state index in [1.165, 1.54) is 12.1 Å². The lowest BCUT2D eigenvalue weighted by Crippen LogP contribution is -2.09. The van der Waals surface area contributed by atoms with Gasteiger partial charge in [0.2, 0.25) is 0 Å². The SMILES string of the molecule is [2H]C(COS(=O)(=O)c1ccccc1)c1ccccc1. The second kappa shape index (κ2) is 5.80. The average molecular weight is 263 g/mol. The molecule has 0 N–H and O–H groups in total. The summed E-state index contributed by atoms with van der Waals surface area (Å²) < 4.78 is 36.5. The fourth-order valence-electron chi connectivity index (χ4n) is 1.46. The minimum atomic E-state index is -3.78. The molecule has 0 fully saturated rings. The smallest absolute Gasteiger partial charge is 0.266 e. The molecule has 2 rings (SSSR count). The third-order valence-electron chi connectivity index (χ3n) is 2.37. The van der Waals surface area contributed by atoms with Crippen LogP contribution in [-0.4, -0.2) is 15.0 Å². The first-order valence-electron chi connectivity index (χ1n) is 6.09. The van der Waals surface area contributed by atoms with Gasteiger partial charge in [-0.2, -0.15) is 8.42 Å². The number of hydrogen-bond donors (Lipinski definition) is 0. The van der Waals surface area contributed by atoms with E-state index in [1.54, 1.807) is 30.3 Å². The Balaban J connectivity index is 2.03. The van der Waals surface area contributed by atoms with E-state index in [4.69, 9.17) is 5.55 Å². The molecule has 0 aliphatic carbocycles. The Kier molecular flexibility index (Phi) is 3.68. The van der Waals surface area contributed by atoms with Gasteiger partial charge in [-0.3, -0.25) is 4.18 Å². The van der Waals surface area contributed by atoms with Crippen LogP contribution in [0.15, 0.2) is 65.6 Å². The van der Waals surface area contributed by atoms with Gasteiger partial charge in [-0.25, -0.2) is 0 Å². The maximum atomic E-state index is 11.9. The molecule has 0 heterocycles. The molecule has 2 aromatic rings. The molecular formula is C14H14O3S. The van der Waals surface area contributed by atoms with Crippen molar-refractivity contribution in [1.29, 1.82) is 0 Å². The van der Waals surface area contributed by atoms with Crippen LogP contribution in [0, 0.1) is 0 Å². The number of hydrogen-bond acceptors (Lipinski definition) is 3. The standard InChI is InChI=1S/C14H14O3S/c15-18(16,14-9-5-2-6-10-14)17-12-11-13-7-3-1-4-8-13/h1-10H,11-12H2/i11D. The van der Waals surface area contributed by atoms with Gasteiger partial charge < -0.3 is 0 Å². The highest BCUT2D eigenvalue weighted by Gasteiger charge is 2.13. The average Bonchev–Trinajstić information content (AvgIpc) is 2.47. The Morgan fingerprint density at radius 1 is 0.944 bits per heavy atom. The quantitative estimate of drug-likeness (QED) is 0.779. The van der Waals surface area contributed by atoms with Crippen LogP contribution in [0.2, 0.25) is 0 Å². The summed E-state index contributed by atoms with van der Waals surface area (Å²) >= 11 is 0. The molecule has 0 bridgehead atoms. The van der Waals surface area contributed by atoms with Gasteiger partial charge in [0, 0.05) is 1.37 Å². The number of rotatable bonds is 5. The van der Waals surface area contributed by atoms with E-state index in [0.29, 0.717) is 0 Å². The molecule has 94 valence electrons. The summed E-state index contributed by atoms with van der Waals surface area (Å²) in [6, 6.07) is 16.9. The first kappa shape index (κ1) is 11.4. The molecular weight excluding hydrogens is 248 g/mol. The fourth-order valence-corrected chi connectivity index (χ4v) is 2.34. The van der Waals surface area contributed by atoms with E-state index in [1.807, 2.05) is 18.2 Å². The zero-order chi connectivity index (χ0) is 13.7. The first-order valence-corrected chi connectivity index (χ1v) is 6.92. The summed E-state index contributed by atoms with van der Waals surface area (Å²) in [6.07, 6.45) is -0.723. The summed E-state index contributed by atoms with van der Waals surface area (Å²) in [7, 11) is -3.78. The van der Waals surface area contributed by atoms with Crippen molar-refractivity contribution in [2.24, 2.45) is 0 Å². The van der Waals surface area contributed by atoms with Crippen molar-refractivity contribution in [1.82, 2.24) is 0 Å². The second-order valence-corrected chi connectivity index (χ2v) is 5.28. The van der Waals surface area contributed by atoms with Gasteiger partial charge in [-0.15, -0.1) is 0 Å². The molecule has 3 nitrogen and oxygen atoms in total. The van der Waals surface area contributed by atoms with Crippen LogP contribution in [0.5, 0.6) is 0 Å². The van der Waals surface area contributed by atoms with Gasteiger partial charge in [0.15, 0.2) is 0 Å². The summed E-state index contributed by atoms with van der Waals surface area (Å²) in [5.74, 6) is 0. The lowest BCUT2D eigenvalue weighted by Gasteiger charge is -2.05. The van der Waals surface area contributed by atoms with Crippen molar-refractivity contribution in [3.63, 3.8) is 0 Å². The molecule has 1 unspecified atom stereocenters. The van der Waals surface area contributed by atoms with Crippen molar-refractivity contribution in [3.8, 4) is 0 Å². The van der Waals surface area contributed by atoms with E-state index in [2.05, 4.69) is 0 Å². The predicted molar refractivity (Wildman–Crippen MR) is 69.7 cm³/mol. The minimum Gasteiger partial charge on any atom is -0.266 e. The lowest BCUT2D eigenvalue weighted by molar-refractivity contribution is 0.322. The van der Waals surface area contributed by atoms with E-state index < -0.39 is 16.5 Å².